The van der Waals surface area contributed by atoms with Crippen molar-refractivity contribution in [2.45, 2.75) is 64.0 Å². The zero-order valence-corrected chi connectivity index (χ0v) is 19.0. The number of hydrogen-bond donors (Lipinski definition) is 0. The van der Waals surface area contributed by atoms with Crippen LogP contribution < -0.4 is 4.90 Å². The predicted molar refractivity (Wildman–Crippen MR) is 120 cm³/mol. The highest BCUT2D eigenvalue weighted by molar-refractivity contribution is 5.75. The summed E-state index contributed by atoms with van der Waals surface area (Å²) in [6.07, 6.45) is 10.1. The molecule has 0 aromatic carbocycles. The third-order valence-corrected chi connectivity index (χ3v) is 6.71. The molecule has 0 spiro atoms. The van der Waals surface area contributed by atoms with Crippen molar-refractivity contribution in [3.8, 4) is 0 Å². The maximum absolute atomic E-state index is 9.62. The van der Waals surface area contributed by atoms with Gasteiger partial charge < -0.3 is 9.64 Å². The van der Waals surface area contributed by atoms with Crippen LogP contribution in [0.3, 0.4) is 0 Å². The fourth-order valence-electron chi connectivity index (χ4n) is 4.32. The minimum atomic E-state index is -1.75. The summed E-state index contributed by atoms with van der Waals surface area (Å²) in [6.45, 7) is 4.41. The van der Waals surface area contributed by atoms with Gasteiger partial charge in [0.15, 0.2) is 5.65 Å². The Balaban J connectivity index is 0.000000724. The van der Waals surface area contributed by atoms with Gasteiger partial charge in [0, 0.05) is 24.2 Å². The molecular weight excluding hydrogens is 428 g/mol. The summed E-state index contributed by atoms with van der Waals surface area (Å²) in [5.41, 5.74) is 5.69. The van der Waals surface area contributed by atoms with Gasteiger partial charge >= 0.3 is 0 Å². The average molecular weight is 458 g/mol. The van der Waals surface area contributed by atoms with Crippen molar-refractivity contribution in [2.24, 2.45) is 0 Å². The number of nitrogens with zero attached hydrogens (tertiary/aromatic N) is 7. The van der Waals surface area contributed by atoms with Crippen LogP contribution in [0, 0.1) is 13.8 Å². The molecule has 3 aromatic rings. The van der Waals surface area contributed by atoms with Gasteiger partial charge in [-0.15, -0.1) is 0 Å². The zero-order valence-electron chi connectivity index (χ0n) is 19.0. The first kappa shape index (κ1) is 22.1. The highest BCUT2D eigenvalue weighted by Crippen LogP contribution is 2.39. The summed E-state index contributed by atoms with van der Waals surface area (Å²) < 4.78 is 27.4. The van der Waals surface area contributed by atoms with Crippen LogP contribution in [0.2, 0.25) is 0 Å². The molecule has 0 N–H and O–H groups in total. The molecule has 0 amide bonds. The van der Waals surface area contributed by atoms with Crippen LogP contribution in [-0.2, 0) is 4.74 Å². The number of morpholine rings is 1. The van der Waals surface area contributed by atoms with Crippen LogP contribution in [0.5, 0.6) is 0 Å². The molecule has 4 heterocycles. The Morgan fingerprint density at radius 2 is 1.79 bits per heavy atom. The fourth-order valence-corrected chi connectivity index (χ4v) is 4.32. The Bertz CT molecular complexity index is 1130. The van der Waals surface area contributed by atoms with E-state index >= 15 is 0 Å². The lowest BCUT2D eigenvalue weighted by molar-refractivity contribution is 0.0391. The Kier molecular flexibility index (Phi) is 6.18. The maximum atomic E-state index is 9.62. The molecule has 2 saturated carbocycles. The molecule has 10 heteroatoms. The van der Waals surface area contributed by atoms with E-state index in [1.165, 1.54) is 32.1 Å². The van der Waals surface area contributed by atoms with Crippen molar-refractivity contribution in [1.29, 1.82) is 0 Å². The smallest absolute Gasteiger partial charge is 0.229 e. The normalized spacial score (nSPS) is 21.0. The van der Waals surface area contributed by atoms with Crippen LogP contribution in [0.25, 0.3) is 11.2 Å². The molecule has 33 heavy (non-hydrogen) atoms. The number of fused-ring (bicyclic) bond motifs is 1. The van der Waals surface area contributed by atoms with Gasteiger partial charge in [0.1, 0.15) is 11.6 Å². The first-order valence-electron chi connectivity index (χ1n) is 11.6. The topological polar surface area (TPSA) is 81.9 Å². The summed E-state index contributed by atoms with van der Waals surface area (Å²) in [5.74, 6) is 1.23. The molecule has 176 valence electrons. The van der Waals surface area contributed by atoms with E-state index in [4.69, 9.17) is 24.7 Å². The highest BCUT2D eigenvalue weighted by Gasteiger charge is 2.30. The van der Waals surface area contributed by atoms with Crippen LogP contribution in [0.15, 0.2) is 12.4 Å². The van der Waals surface area contributed by atoms with E-state index in [-0.39, 0.29) is 6.10 Å². The predicted octanol–water partition coefficient (Wildman–Crippen LogP) is 4.30. The minimum Gasteiger partial charge on any atom is -0.370 e. The molecule has 1 atom stereocenters. The number of aryl methyl sites for hydroxylation is 2. The second kappa shape index (κ2) is 9.24. The largest absolute Gasteiger partial charge is 0.370 e. The minimum absolute atomic E-state index is 0.0106. The first-order chi connectivity index (χ1) is 16.1. The van der Waals surface area contributed by atoms with Crippen molar-refractivity contribution >= 4 is 17.1 Å². The SMILES string of the molecule is Cc1nc2nc(N3CCOC(c4cnn(C5CC5)c4)C3)nc(C3CCC3)c2nc1C.FCF. The lowest BCUT2D eigenvalue weighted by atomic mass is 9.82. The molecule has 3 fully saturated rings. The van der Waals surface area contributed by atoms with Gasteiger partial charge in [-0.3, -0.25) is 4.68 Å². The molecule has 3 aromatic heterocycles. The van der Waals surface area contributed by atoms with Crippen molar-refractivity contribution < 1.29 is 13.5 Å². The molecular formula is C23H29F2N7O. The van der Waals surface area contributed by atoms with Crippen LogP contribution in [0.1, 0.15) is 72.8 Å². The molecule has 2 aliphatic carbocycles. The van der Waals surface area contributed by atoms with E-state index in [1.807, 2.05) is 20.0 Å². The Morgan fingerprint density at radius 3 is 2.48 bits per heavy atom. The fraction of sp³-hybridized carbons (Fsp3) is 0.609. The lowest BCUT2D eigenvalue weighted by Gasteiger charge is -2.33. The van der Waals surface area contributed by atoms with Crippen LogP contribution >= 0.6 is 0 Å². The van der Waals surface area contributed by atoms with E-state index in [9.17, 15) is 8.78 Å². The number of anilines is 1. The maximum Gasteiger partial charge on any atom is 0.229 e. The van der Waals surface area contributed by atoms with Gasteiger partial charge in [0.25, 0.3) is 0 Å². The molecule has 0 radical (unpaired) electrons. The van der Waals surface area contributed by atoms with Gasteiger partial charge in [-0.2, -0.15) is 10.1 Å². The van der Waals surface area contributed by atoms with Crippen molar-refractivity contribution in [3.05, 3.63) is 35.0 Å². The Labute approximate surface area is 191 Å². The Morgan fingerprint density at radius 1 is 1.03 bits per heavy atom. The second-order valence-electron chi connectivity index (χ2n) is 8.99. The molecule has 6 rings (SSSR count). The summed E-state index contributed by atoms with van der Waals surface area (Å²) in [6, 6.07) is 0.581. The number of alkyl halides is 2. The van der Waals surface area contributed by atoms with Crippen molar-refractivity contribution in [1.82, 2.24) is 29.7 Å². The molecule has 1 saturated heterocycles. The summed E-state index contributed by atoms with van der Waals surface area (Å²) in [5, 5.41) is 4.53. The van der Waals surface area contributed by atoms with Gasteiger partial charge in [0.05, 0.1) is 42.5 Å². The van der Waals surface area contributed by atoms with E-state index < -0.39 is 6.93 Å². The molecule has 1 unspecified atom stereocenters. The first-order valence-corrected chi connectivity index (χ1v) is 11.6. The molecule has 3 aliphatic rings. The van der Waals surface area contributed by atoms with E-state index in [0.29, 0.717) is 18.6 Å². The third-order valence-electron chi connectivity index (χ3n) is 6.71. The van der Waals surface area contributed by atoms with Gasteiger partial charge in [-0.1, -0.05) is 6.42 Å². The van der Waals surface area contributed by atoms with Gasteiger partial charge in [-0.05, 0) is 39.5 Å². The van der Waals surface area contributed by atoms with Gasteiger partial charge in [0.2, 0.25) is 12.9 Å². The quantitative estimate of drug-likeness (QED) is 0.578. The number of halogens is 2. The summed E-state index contributed by atoms with van der Waals surface area (Å²) >= 11 is 0. The van der Waals surface area contributed by atoms with Crippen LogP contribution in [-0.4, -0.2) is 56.3 Å². The number of ether oxygens (including phenoxy) is 1. The van der Waals surface area contributed by atoms with E-state index in [1.54, 1.807) is 0 Å². The summed E-state index contributed by atoms with van der Waals surface area (Å²) in [7, 11) is 0. The van der Waals surface area contributed by atoms with E-state index in [0.717, 1.165) is 52.8 Å². The van der Waals surface area contributed by atoms with E-state index in [2.05, 4.69) is 20.9 Å². The Hall–Kier alpha value is -2.75. The molecule has 8 nitrogen and oxygen atoms in total. The van der Waals surface area contributed by atoms with Crippen LogP contribution in [0.4, 0.5) is 14.7 Å². The highest BCUT2D eigenvalue weighted by atomic mass is 19.3. The molecule has 1 aliphatic heterocycles. The number of hydrogen-bond acceptors (Lipinski definition) is 7. The van der Waals surface area contributed by atoms with Gasteiger partial charge in [-0.25, -0.2) is 23.7 Å². The number of aromatic nitrogens is 6. The van der Waals surface area contributed by atoms with Crippen molar-refractivity contribution in [2.75, 3.05) is 31.5 Å². The number of rotatable bonds is 4. The lowest BCUT2D eigenvalue weighted by Crippen LogP contribution is -2.39. The molecule has 0 bridgehead atoms. The average Bonchev–Trinajstić information content (AvgIpc) is 3.51. The monoisotopic (exact) mass is 457 g/mol. The standard InChI is InChI=1S/C22H27N7O.CH2F2/c1-13-14(2)25-21-20(24-13)19(15-4-3-5-15)26-22(27-21)28-8-9-30-18(12-28)16-10-23-29(11-16)17-6-7-17;2-1-3/h10-11,15,17-18H,3-9,12H2,1-2H3;1H2. The second-order valence-corrected chi connectivity index (χ2v) is 8.99. The summed E-state index contributed by atoms with van der Waals surface area (Å²) in [4.78, 5) is 21.7. The third kappa shape index (κ3) is 4.53. The van der Waals surface area contributed by atoms with Crippen molar-refractivity contribution in [3.63, 3.8) is 0 Å². The zero-order chi connectivity index (χ0) is 22.9.